The predicted molar refractivity (Wildman–Crippen MR) is 209 cm³/mol. The van der Waals surface area contributed by atoms with Crippen LogP contribution in [-0.4, -0.2) is 112 Å². The van der Waals surface area contributed by atoms with Crippen molar-refractivity contribution < 1.29 is 28.5 Å². The molecule has 4 fully saturated rings. The summed E-state index contributed by atoms with van der Waals surface area (Å²) in [7, 11) is 3.33. The van der Waals surface area contributed by atoms with Gasteiger partial charge in [-0.3, -0.25) is 9.80 Å². The molecule has 3 aromatic heterocycles. The van der Waals surface area contributed by atoms with Crippen molar-refractivity contribution in [3.8, 4) is 17.3 Å². The molecular weight excluding hydrogens is 688 g/mol. The van der Waals surface area contributed by atoms with Gasteiger partial charge in [-0.1, -0.05) is 0 Å². The Kier molecular flexibility index (Phi) is 10.9. The van der Waals surface area contributed by atoms with Gasteiger partial charge in [-0.25, -0.2) is 19.6 Å². The van der Waals surface area contributed by atoms with Gasteiger partial charge in [0.25, 0.3) is 0 Å². The van der Waals surface area contributed by atoms with E-state index < -0.39 is 11.2 Å². The number of rotatable bonds is 5. The van der Waals surface area contributed by atoms with Crippen LogP contribution in [0.15, 0.2) is 36.7 Å². The number of amides is 2. The number of pyridine rings is 2. The number of aryl methyl sites for hydroxylation is 2. The lowest BCUT2D eigenvalue weighted by molar-refractivity contribution is 0.0111. The van der Waals surface area contributed by atoms with E-state index in [0.29, 0.717) is 11.6 Å². The first-order chi connectivity index (χ1) is 25.5. The van der Waals surface area contributed by atoms with Gasteiger partial charge in [0.05, 0.1) is 62.2 Å². The van der Waals surface area contributed by atoms with Gasteiger partial charge in [-0.15, -0.1) is 0 Å². The Labute approximate surface area is 319 Å². The first-order valence-electron chi connectivity index (χ1n) is 19.0. The van der Waals surface area contributed by atoms with Crippen LogP contribution in [0.1, 0.15) is 78.6 Å². The van der Waals surface area contributed by atoms with Gasteiger partial charge < -0.3 is 39.0 Å². The number of nitrogens with zero attached hydrogens (tertiary/aromatic N) is 7. The molecule has 3 aromatic rings. The summed E-state index contributed by atoms with van der Waals surface area (Å²) in [5.41, 5.74) is 8.96. The van der Waals surface area contributed by atoms with Crippen molar-refractivity contribution in [3.63, 3.8) is 0 Å². The first kappa shape index (κ1) is 38.8. The highest BCUT2D eigenvalue weighted by molar-refractivity contribution is 5.72. The first-order valence-corrected chi connectivity index (χ1v) is 19.0. The van der Waals surface area contributed by atoms with E-state index in [1.807, 2.05) is 63.6 Å². The van der Waals surface area contributed by atoms with Crippen molar-refractivity contribution in [2.75, 3.05) is 55.9 Å². The number of piperazine rings is 2. The molecule has 4 bridgehead atoms. The van der Waals surface area contributed by atoms with Gasteiger partial charge in [-0.05, 0) is 93.2 Å². The average molecular weight is 747 g/mol. The number of nitrogen functional groups attached to an aromatic ring is 1. The van der Waals surface area contributed by atoms with E-state index in [9.17, 15) is 9.59 Å². The third-order valence-corrected chi connectivity index (χ3v) is 10.5. The number of fused-ring (bicyclic) bond motifs is 4. The Balaban J connectivity index is 0.000000189. The number of carbonyl (C=O) groups excluding carboxylic acids is 2. The number of ether oxygens (including phenoxy) is 4. The van der Waals surface area contributed by atoms with Gasteiger partial charge in [0.2, 0.25) is 0 Å². The highest BCUT2D eigenvalue weighted by atomic mass is 16.6. The smallest absolute Gasteiger partial charge is 0.410 e. The normalized spacial score (nSPS) is 22.1. The molecule has 0 spiro atoms. The number of hydrogen-bond donors (Lipinski definition) is 1. The maximum atomic E-state index is 12.7. The topological polar surface area (TPSA) is 141 Å². The lowest BCUT2D eigenvalue weighted by atomic mass is 10.1. The Morgan fingerprint density at radius 3 is 1.44 bits per heavy atom. The van der Waals surface area contributed by atoms with Crippen molar-refractivity contribution in [3.05, 3.63) is 48.0 Å². The number of methoxy groups -OCH3 is 2. The van der Waals surface area contributed by atoms with Crippen molar-refractivity contribution in [1.82, 2.24) is 24.3 Å². The SMILES string of the molecule is COc1cc(-n2c(C)ccc2C)ncc1N1CC2CCC(C1)N2C(=O)OC(C)(C)C.COc1cc(N)ncc1N1CC2CCC(C1)N2C(=O)OC(C)(C)C. The summed E-state index contributed by atoms with van der Waals surface area (Å²) in [6.07, 6.45) is 7.21. The van der Waals surface area contributed by atoms with Crippen LogP contribution in [0.25, 0.3) is 5.82 Å². The Morgan fingerprint density at radius 2 is 1.06 bits per heavy atom. The van der Waals surface area contributed by atoms with E-state index in [1.165, 1.54) is 0 Å². The summed E-state index contributed by atoms with van der Waals surface area (Å²) in [6, 6.07) is 8.51. The molecule has 2 N–H and O–H groups in total. The zero-order chi connectivity index (χ0) is 39.1. The maximum Gasteiger partial charge on any atom is 0.410 e. The molecule has 4 unspecified atom stereocenters. The van der Waals surface area contributed by atoms with E-state index in [1.54, 1.807) is 26.5 Å². The summed E-state index contributed by atoms with van der Waals surface area (Å²) < 4.78 is 24.5. The summed E-state index contributed by atoms with van der Waals surface area (Å²) in [6.45, 7) is 18.6. The lowest BCUT2D eigenvalue weighted by Gasteiger charge is -2.42. The Hall–Kier alpha value is -4.88. The molecule has 0 aliphatic carbocycles. The van der Waals surface area contributed by atoms with Gasteiger partial charge >= 0.3 is 12.2 Å². The third kappa shape index (κ3) is 8.27. The van der Waals surface area contributed by atoms with Crippen molar-refractivity contribution in [2.45, 2.75) is 116 Å². The Bertz CT molecular complexity index is 1790. The zero-order valence-corrected chi connectivity index (χ0v) is 33.6. The Morgan fingerprint density at radius 1 is 0.667 bits per heavy atom. The molecule has 294 valence electrons. The highest BCUT2D eigenvalue weighted by Gasteiger charge is 2.46. The van der Waals surface area contributed by atoms with Crippen LogP contribution in [0.3, 0.4) is 0 Å². The minimum Gasteiger partial charge on any atom is -0.494 e. The van der Waals surface area contributed by atoms with Gasteiger partial charge in [0.15, 0.2) is 0 Å². The molecule has 14 heteroatoms. The molecule has 7 heterocycles. The van der Waals surface area contributed by atoms with Crippen LogP contribution >= 0.6 is 0 Å². The molecule has 4 saturated heterocycles. The molecule has 14 nitrogen and oxygen atoms in total. The van der Waals surface area contributed by atoms with Crippen LogP contribution < -0.4 is 25.0 Å². The van der Waals surface area contributed by atoms with Gasteiger partial charge in [0, 0.05) is 49.7 Å². The van der Waals surface area contributed by atoms with Gasteiger partial charge in [0.1, 0.15) is 34.3 Å². The summed E-state index contributed by atoms with van der Waals surface area (Å²) in [5.74, 6) is 2.81. The molecular formula is C40H58N8O6. The molecule has 2 amide bonds. The fourth-order valence-electron chi connectivity index (χ4n) is 8.24. The van der Waals surface area contributed by atoms with E-state index in [4.69, 9.17) is 29.7 Å². The highest BCUT2D eigenvalue weighted by Crippen LogP contribution is 2.39. The van der Waals surface area contributed by atoms with E-state index in [2.05, 4.69) is 45.3 Å². The lowest BCUT2D eigenvalue weighted by Crippen LogP contribution is -2.56. The van der Waals surface area contributed by atoms with Crippen molar-refractivity contribution in [1.29, 1.82) is 0 Å². The predicted octanol–water partition coefficient (Wildman–Crippen LogP) is 6.35. The molecule has 4 aliphatic heterocycles. The van der Waals surface area contributed by atoms with Crippen LogP contribution in [0.2, 0.25) is 0 Å². The molecule has 4 aliphatic rings. The molecule has 7 rings (SSSR count). The summed E-state index contributed by atoms with van der Waals surface area (Å²) >= 11 is 0. The molecule has 0 saturated carbocycles. The fourth-order valence-corrected chi connectivity index (χ4v) is 8.24. The fraction of sp³-hybridized carbons (Fsp3) is 0.600. The second-order valence-electron chi connectivity index (χ2n) is 16.8. The minimum atomic E-state index is -0.481. The van der Waals surface area contributed by atoms with E-state index >= 15 is 0 Å². The van der Waals surface area contributed by atoms with Crippen molar-refractivity contribution >= 4 is 29.4 Å². The van der Waals surface area contributed by atoms with E-state index in [-0.39, 0.29) is 36.4 Å². The monoisotopic (exact) mass is 746 g/mol. The van der Waals surface area contributed by atoms with Crippen LogP contribution in [0.4, 0.5) is 26.8 Å². The number of hydrogen-bond acceptors (Lipinski definition) is 11. The van der Waals surface area contributed by atoms with Crippen molar-refractivity contribution in [2.24, 2.45) is 0 Å². The molecule has 54 heavy (non-hydrogen) atoms. The molecule has 4 atom stereocenters. The summed E-state index contributed by atoms with van der Waals surface area (Å²) in [4.78, 5) is 42.6. The average Bonchev–Trinajstić information content (AvgIpc) is 3.68. The zero-order valence-electron chi connectivity index (χ0n) is 33.6. The van der Waals surface area contributed by atoms with Gasteiger partial charge in [-0.2, -0.15) is 0 Å². The van der Waals surface area contributed by atoms with E-state index in [0.717, 1.165) is 86.2 Å². The summed E-state index contributed by atoms with van der Waals surface area (Å²) in [5, 5.41) is 0. The number of carbonyl (C=O) groups is 2. The standard InChI is InChI=1S/C23H32N4O3.C17H26N4O3/c1-15-7-8-16(2)26(15)21-11-20(29-6)19(12-24-21)25-13-17-9-10-18(14-25)27(17)22(28)30-23(3,4)5;1-17(2,3)24-16(22)21-11-5-6-12(21)10-20(9-11)13-8-19-15(18)7-14(13)23-4/h7-8,11-12,17-18H,9-10,13-14H2,1-6H3;7-8,11-12H,5-6,9-10H2,1-4H3,(H2,18,19). The quantitative estimate of drug-likeness (QED) is 0.313. The largest absolute Gasteiger partial charge is 0.494 e. The second-order valence-corrected chi connectivity index (χ2v) is 16.8. The number of nitrogens with two attached hydrogens (primary N) is 1. The second kappa shape index (κ2) is 15.1. The third-order valence-electron chi connectivity index (χ3n) is 10.5. The maximum absolute atomic E-state index is 12.7. The number of aromatic nitrogens is 3. The van der Waals surface area contributed by atoms with Crippen LogP contribution in [0, 0.1) is 13.8 Å². The van der Waals surface area contributed by atoms with Crippen LogP contribution in [0.5, 0.6) is 11.5 Å². The number of anilines is 3. The van der Waals surface area contributed by atoms with Crippen LogP contribution in [-0.2, 0) is 9.47 Å². The minimum absolute atomic E-state index is 0.150. The molecule has 0 radical (unpaired) electrons. The molecule has 0 aromatic carbocycles.